The smallest absolute Gasteiger partial charge is 0.329 e. The molecule has 10 heteroatoms. The lowest BCUT2D eigenvalue weighted by Gasteiger charge is -2.21. The summed E-state index contributed by atoms with van der Waals surface area (Å²) in [5.41, 5.74) is -0.775. The van der Waals surface area contributed by atoms with Gasteiger partial charge in [0, 0.05) is 6.04 Å². The van der Waals surface area contributed by atoms with Crippen LogP contribution in [0.1, 0.15) is 18.9 Å². The third-order valence-corrected chi connectivity index (χ3v) is 7.04. The molecule has 0 bridgehead atoms. The number of benzene rings is 1. The topological polar surface area (TPSA) is 118 Å². The Morgan fingerprint density at radius 2 is 2.11 bits per heavy atom. The SMILES string of the molecule is CSCC[C@@H](C(=O)N[C@@H]1CCS(=O)(=O)C1)n1c(=O)[nH]c2ccccc2c1=O. The second-order valence-electron chi connectivity index (χ2n) is 6.56. The molecule has 1 aliphatic heterocycles. The van der Waals surface area contributed by atoms with Crippen molar-refractivity contribution in [2.24, 2.45) is 0 Å². The molecule has 0 spiro atoms. The molecule has 2 aromatic rings. The van der Waals surface area contributed by atoms with Gasteiger partial charge in [0.1, 0.15) is 6.04 Å². The second-order valence-corrected chi connectivity index (χ2v) is 9.77. The number of para-hydroxylation sites is 1. The molecule has 1 amide bonds. The third kappa shape index (κ3) is 4.27. The Hall–Kier alpha value is -2.07. The molecule has 27 heavy (non-hydrogen) atoms. The van der Waals surface area contributed by atoms with Crippen molar-refractivity contribution in [3.63, 3.8) is 0 Å². The van der Waals surface area contributed by atoms with Crippen LogP contribution in [0.3, 0.4) is 0 Å². The van der Waals surface area contributed by atoms with Gasteiger partial charge in [-0.15, -0.1) is 0 Å². The number of hydrogen-bond donors (Lipinski definition) is 2. The number of hydrogen-bond acceptors (Lipinski definition) is 6. The monoisotopic (exact) mass is 411 g/mol. The van der Waals surface area contributed by atoms with E-state index in [1.54, 1.807) is 24.3 Å². The summed E-state index contributed by atoms with van der Waals surface area (Å²) in [6.45, 7) is 0. The number of H-pyrrole nitrogens is 1. The number of nitrogens with one attached hydrogen (secondary N) is 2. The Morgan fingerprint density at radius 3 is 2.78 bits per heavy atom. The fourth-order valence-electron chi connectivity index (χ4n) is 3.27. The van der Waals surface area contributed by atoms with Gasteiger partial charge in [-0.2, -0.15) is 11.8 Å². The van der Waals surface area contributed by atoms with E-state index in [9.17, 15) is 22.8 Å². The molecule has 2 heterocycles. The average Bonchev–Trinajstić information content (AvgIpc) is 2.96. The van der Waals surface area contributed by atoms with E-state index in [-0.39, 0.29) is 17.9 Å². The molecule has 8 nitrogen and oxygen atoms in total. The van der Waals surface area contributed by atoms with Gasteiger partial charge in [0.15, 0.2) is 9.84 Å². The number of nitrogens with zero attached hydrogens (tertiary/aromatic N) is 1. The largest absolute Gasteiger partial charge is 0.351 e. The van der Waals surface area contributed by atoms with Gasteiger partial charge < -0.3 is 10.3 Å². The highest BCUT2D eigenvalue weighted by Gasteiger charge is 2.32. The zero-order chi connectivity index (χ0) is 19.6. The predicted molar refractivity (Wildman–Crippen MR) is 106 cm³/mol. The molecular weight excluding hydrogens is 390 g/mol. The standard InChI is InChI=1S/C17H21N3O5S2/c1-26-8-6-14(15(21)18-11-7-9-27(24,25)10-11)20-16(22)12-4-2-3-5-13(12)19-17(20)23/h2-5,11,14H,6-10H2,1H3,(H,18,21)(H,19,23)/t11-,14+/m1/s1. The summed E-state index contributed by atoms with van der Waals surface area (Å²) in [4.78, 5) is 40.9. The van der Waals surface area contributed by atoms with E-state index < -0.39 is 39.1 Å². The molecule has 3 rings (SSSR count). The van der Waals surface area contributed by atoms with Gasteiger partial charge >= 0.3 is 5.69 Å². The van der Waals surface area contributed by atoms with Crippen molar-refractivity contribution < 1.29 is 13.2 Å². The summed E-state index contributed by atoms with van der Waals surface area (Å²) in [6.07, 6.45) is 2.49. The maximum absolute atomic E-state index is 12.9. The number of carbonyl (C=O) groups is 1. The summed E-state index contributed by atoms with van der Waals surface area (Å²) in [7, 11) is -3.15. The van der Waals surface area contributed by atoms with Gasteiger partial charge in [-0.1, -0.05) is 12.1 Å². The van der Waals surface area contributed by atoms with Gasteiger partial charge in [0.2, 0.25) is 5.91 Å². The van der Waals surface area contributed by atoms with Crippen molar-refractivity contribution in [3.05, 3.63) is 45.1 Å². The lowest BCUT2D eigenvalue weighted by atomic mass is 10.1. The molecule has 1 aromatic heterocycles. The van der Waals surface area contributed by atoms with Crippen molar-refractivity contribution in [2.75, 3.05) is 23.5 Å². The lowest BCUT2D eigenvalue weighted by molar-refractivity contribution is -0.125. The van der Waals surface area contributed by atoms with Crippen molar-refractivity contribution in [3.8, 4) is 0 Å². The minimum Gasteiger partial charge on any atom is -0.351 e. The summed E-state index contributed by atoms with van der Waals surface area (Å²) >= 11 is 1.50. The van der Waals surface area contributed by atoms with E-state index in [1.807, 2.05) is 6.26 Å². The molecule has 1 saturated heterocycles. The maximum atomic E-state index is 12.9. The first-order valence-corrected chi connectivity index (χ1v) is 11.8. The molecule has 0 aliphatic carbocycles. The zero-order valence-electron chi connectivity index (χ0n) is 14.8. The van der Waals surface area contributed by atoms with Crippen LogP contribution in [-0.4, -0.2) is 53.4 Å². The Morgan fingerprint density at radius 1 is 1.37 bits per heavy atom. The van der Waals surface area contributed by atoms with Gasteiger partial charge in [-0.25, -0.2) is 17.8 Å². The van der Waals surface area contributed by atoms with Crippen molar-refractivity contribution in [1.29, 1.82) is 0 Å². The number of thioether (sulfide) groups is 1. The Balaban J connectivity index is 1.97. The van der Waals surface area contributed by atoms with Gasteiger partial charge in [0.05, 0.1) is 22.4 Å². The van der Waals surface area contributed by atoms with E-state index in [2.05, 4.69) is 10.3 Å². The van der Waals surface area contributed by atoms with Gasteiger partial charge in [0.25, 0.3) is 5.56 Å². The molecule has 146 valence electrons. The molecule has 1 aromatic carbocycles. The van der Waals surface area contributed by atoms with E-state index in [1.165, 1.54) is 11.8 Å². The highest BCUT2D eigenvalue weighted by Crippen LogP contribution is 2.16. The first kappa shape index (κ1) is 19.7. The second kappa shape index (κ2) is 7.89. The average molecular weight is 412 g/mol. The molecule has 2 N–H and O–H groups in total. The fourth-order valence-corrected chi connectivity index (χ4v) is 5.40. The minimum absolute atomic E-state index is 0.0317. The number of aromatic amines is 1. The predicted octanol–water partition coefficient (Wildman–Crippen LogP) is 0.287. The van der Waals surface area contributed by atoms with E-state index >= 15 is 0 Å². The zero-order valence-corrected chi connectivity index (χ0v) is 16.4. The molecule has 0 unspecified atom stereocenters. The minimum atomic E-state index is -3.15. The van der Waals surface area contributed by atoms with Crippen LogP contribution >= 0.6 is 11.8 Å². The van der Waals surface area contributed by atoms with Crippen LogP contribution in [0.5, 0.6) is 0 Å². The van der Waals surface area contributed by atoms with E-state index in [0.29, 0.717) is 23.1 Å². The summed E-state index contributed by atoms with van der Waals surface area (Å²) in [5, 5.41) is 3.03. The quantitative estimate of drug-likeness (QED) is 0.705. The van der Waals surface area contributed by atoms with Gasteiger partial charge in [-0.05, 0) is 37.0 Å². The normalized spacial score (nSPS) is 19.8. The number of fused-ring (bicyclic) bond motifs is 1. The van der Waals surface area contributed by atoms with Crippen LogP contribution in [0, 0.1) is 0 Å². The number of carbonyl (C=O) groups excluding carboxylic acids is 1. The van der Waals surface area contributed by atoms with E-state index in [0.717, 1.165) is 4.57 Å². The Bertz CT molecular complexity index is 1070. The fraction of sp³-hybridized carbons (Fsp3) is 0.471. The van der Waals surface area contributed by atoms with Crippen LogP contribution in [0.4, 0.5) is 0 Å². The number of rotatable bonds is 6. The van der Waals surface area contributed by atoms with E-state index in [4.69, 9.17) is 0 Å². The van der Waals surface area contributed by atoms with Crippen molar-refractivity contribution in [1.82, 2.24) is 14.9 Å². The molecular formula is C17H21N3O5S2. The van der Waals surface area contributed by atoms with Crippen molar-refractivity contribution >= 4 is 38.4 Å². The van der Waals surface area contributed by atoms with Crippen LogP contribution in [0.25, 0.3) is 10.9 Å². The summed E-state index contributed by atoms with van der Waals surface area (Å²) < 4.78 is 24.2. The van der Waals surface area contributed by atoms with Crippen LogP contribution < -0.4 is 16.6 Å². The van der Waals surface area contributed by atoms with Gasteiger partial charge in [-0.3, -0.25) is 9.59 Å². The Kier molecular flexibility index (Phi) is 5.75. The first-order valence-electron chi connectivity index (χ1n) is 8.55. The number of aromatic nitrogens is 2. The first-order chi connectivity index (χ1) is 12.8. The highest BCUT2D eigenvalue weighted by atomic mass is 32.2. The lowest BCUT2D eigenvalue weighted by Crippen LogP contribution is -2.47. The highest BCUT2D eigenvalue weighted by molar-refractivity contribution is 7.98. The van der Waals surface area contributed by atoms with Crippen LogP contribution in [0.15, 0.2) is 33.9 Å². The number of sulfone groups is 1. The molecule has 1 aliphatic rings. The molecule has 0 radical (unpaired) electrons. The summed E-state index contributed by atoms with van der Waals surface area (Å²) in [6, 6.07) is 5.13. The summed E-state index contributed by atoms with van der Waals surface area (Å²) in [5.74, 6) is -0.0188. The third-order valence-electron chi connectivity index (χ3n) is 4.63. The Labute approximate surface area is 160 Å². The molecule has 2 atom stereocenters. The number of amides is 1. The van der Waals surface area contributed by atoms with Crippen LogP contribution in [0.2, 0.25) is 0 Å². The maximum Gasteiger partial charge on any atom is 0.329 e. The molecule has 1 fully saturated rings. The molecule has 0 saturated carbocycles. The van der Waals surface area contributed by atoms with Crippen molar-refractivity contribution in [2.45, 2.75) is 24.9 Å². The van der Waals surface area contributed by atoms with Crippen LogP contribution in [-0.2, 0) is 14.6 Å².